The summed E-state index contributed by atoms with van der Waals surface area (Å²) in [5.41, 5.74) is 11.4. The van der Waals surface area contributed by atoms with E-state index in [1.807, 2.05) is 19.1 Å². The number of fused-ring (bicyclic) bond motifs is 2. The smallest absolute Gasteiger partial charge is 0.137 e. The number of allylic oxidation sites excluding steroid dienone is 10. The van der Waals surface area contributed by atoms with Gasteiger partial charge in [0.15, 0.2) is 0 Å². The molecule has 7 aromatic rings. The highest BCUT2D eigenvalue weighted by molar-refractivity contribution is 6.07. The summed E-state index contributed by atoms with van der Waals surface area (Å²) in [4.78, 5) is 4.64. The highest BCUT2D eigenvalue weighted by Gasteiger charge is 2.24. The van der Waals surface area contributed by atoms with Gasteiger partial charge in [-0.05, 0) is 121 Å². The molecule has 302 valence electrons. The summed E-state index contributed by atoms with van der Waals surface area (Å²) in [5.74, 6) is 3.58. The molecule has 1 heterocycles. The van der Waals surface area contributed by atoms with Crippen LogP contribution in [0.2, 0.25) is 0 Å². The average molecular weight is 805 g/mol. The Morgan fingerprint density at radius 3 is 2.19 bits per heavy atom. The van der Waals surface area contributed by atoms with Crippen LogP contribution in [-0.2, 0) is 0 Å². The summed E-state index contributed by atoms with van der Waals surface area (Å²) >= 11 is 0. The van der Waals surface area contributed by atoms with Crippen molar-refractivity contribution in [2.45, 2.75) is 26.2 Å². The molecule has 0 amide bonds. The van der Waals surface area contributed by atoms with Gasteiger partial charge in [0.2, 0.25) is 0 Å². The molecule has 3 aliphatic rings. The Hall–Kier alpha value is -7.56. The van der Waals surface area contributed by atoms with Crippen LogP contribution in [0, 0.1) is 5.92 Å². The van der Waals surface area contributed by atoms with Gasteiger partial charge in [-0.1, -0.05) is 134 Å². The van der Waals surface area contributed by atoms with Crippen LogP contribution in [0.3, 0.4) is 0 Å². The maximum atomic E-state index is 6.85. The van der Waals surface area contributed by atoms with Gasteiger partial charge in [-0.15, -0.1) is 0 Å². The fourth-order valence-corrected chi connectivity index (χ4v) is 8.80. The molecule has 0 saturated heterocycles. The van der Waals surface area contributed by atoms with Gasteiger partial charge in [0.05, 0.1) is 0 Å². The van der Waals surface area contributed by atoms with E-state index in [-0.39, 0.29) is 0 Å². The molecule has 0 radical (unpaired) electrons. The first kappa shape index (κ1) is 38.6. The molecule has 0 aromatic heterocycles. The molecule has 4 nitrogen and oxygen atoms in total. The second kappa shape index (κ2) is 17.6. The molecule has 7 aromatic carbocycles. The summed E-state index contributed by atoms with van der Waals surface area (Å²) in [6.07, 6.45) is 25.6. The van der Waals surface area contributed by atoms with Crippen molar-refractivity contribution in [3.8, 4) is 45.3 Å². The van der Waals surface area contributed by atoms with E-state index in [0.29, 0.717) is 5.92 Å². The number of benzene rings is 7. The van der Waals surface area contributed by atoms with E-state index in [1.165, 1.54) is 16.7 Å². The Labute approximate surface area is 365 Å². The molecule has 62 heavy (non-hydrogen) atoms. The predicted octanol–water partition coefficient (Wildman–Crippen LogP) is 16.2. The normalized spacial score (nSPS) is 15.3. The monoisotopic (exact) mass is 804 g/mol. The van der Waals surface area contributed by atoms with E-state index in [1.54, 1.807) is 0 Å². The van der Waals surface area contributed by atoms with Gasteiger partial charge in [-0.3, -0.25) is 0 Å². The zero-order chi connectivity index (χ0) is 41.7. The number of ether oxygens (including phenoxy) is 2. The van der Waals surface area contributed by atoms with Crippen molar-refractivity contribution in [1.82, 2.24) is 0 Å². The molecule has 0 bridgehead atoms. The second-order valence-corrected chi connectivity index (χ2v) is 15.8. The maximum absolute atomic E-state index is 6.85. The lowest BCUT2D eigenvalue weighted by Gasteiger charge is -2.30. The lowest BCUT2D eigenvalue weighted by Crippen LogP contribution is -2.18. The Balaban J connectivity index is 0.965. The maximum Gasteiger partial charge on any atom is 0.137 e. The highest BCUT2D eigenvalue weighted by Crippen LogP contribution is 2.50. The van der Waals surface area contributed by atoms with Crippen LogP contribution in [0.4, 0.5) is 22.7 Å². The molecule has 0 spiro atoms. The van der Waals surface area contributed by atoms with E-state index in [0.717, 1.165) is 99.2 Å². The Kier molecular flexibility index (Phi) is 11.0. The third-order valence-electron chi connectivity index (χ3n) is 11.9. The molecule has 4 heteroatoms. The Morgan fingerprint density at radius 2 is 1.40 bits per heavy atom. The molecule has 1 aliphatic heterocycles. The molecule has 10 rings (SSSR count). The zero-order valence-electron chi connectivity index (χ0n) is 34.9. The first-order valence-corrected chi connectivity index (χ1v) is 21.7. The van der Waals surface area contributed by atoms with Crippen LogP contribution in [-0.4, -0.2) is 6.54 Å². The van der Waals surface area contributed by atoms with Crippen molar-refractivity contribution in [1.29, 1.82) is 0 Å². The number of para-hydroxylation sites is 1. The van der Waals surface area contributed by atoms with E-state index < -0.39 is 0 Å². The van der Waals surface area contributed by atoms with E-state index in [4.69, 9.17) is 9.47 Å². The number of rotatable bonds is 12. The van der Waals surface area contributed by atoms with Gasteiger partial charge in [0, 0.05) is 69.4 Å². The van der Waals surface area contributed by atoms with Crippen molar-refractivity contribution in [3.05, 3.63) is 230 Å². The standard InChI is InChI=1S/C58H48N2O2/c1-2-3-4-14-39-59(46-21-12-7-13-22-46)49-35-36-52-53-37-38-55(54-25-16-26-56(58(53)54)62-57(52)41-49)61-51-24-15-23-50(40-51)60(47-31-27-44(28-32-47)42-17-8-5-9-18-42)48-33-29-45(30-34-48)43-19-10-6-11-20-43/h2-5,7-10,12-29,31-38,40-41,45H,6,11,30,39H2,1H3. The quantitative estimate of drug-likeness (QED) is 0.115. The minimum Gasteiger partial charge on any atom is -0.457 e. The van der Waals surface area contributed by atoms with Crippen LogP contribution in [0.1, 0.15) is 26.2 Å². The van der Waals surface area contributed by atoms with E-state index in [2.05, 4.69) is 216 Å². The predicted molar refractivity (Wildman–Crippen MR) is 259 cm³/mol. The third kappa shape index (κ3) is 7.91. The van der Waals surface area contributed by atoms with Gasteiger partial charge in [-0.25, -0.2) is 0 Å². The van der Waals surface area contributed by atoms with Crippen LogP contribution in [0.15, 0.2) is 230 Å². The summed E-state index contributed by atoms with van der Waals surface area (Å²) < 4.78 is 13.6. The molecule has 1 unspecified atom stereocenters. The zero-order valence-corrected chi connectivity index (χ0v) is 34.9. The SMILES string of the molecule is CC=CC=CCN(c1ccccc1)c1ccc2c(c1)Oc1cccc3c(Oc4cccc(N(C5=CCC(C6=CCCC=C6)C=C5)c5ccc(-c6ccccc6)cc5)c4)ccc-2c13. The number of hydrogen-bond acceptors (Lipinski definition) is 4. The van der Waals surface area contributed by atoms with Crippen molar-refractivity contribution >= 4 is 33.5 Å². The van der Waals surface area contributed by atoms with E-state index >= 15 is 0 Å². The number of anilines is 4. The highest BCUT2D eigenvalue weighted by atomic mass is 16.5. The van der Waals surface area contributed by atoms with Crippen LogP contribution in [0.25, 0.3) is 33.0 Å². The fraction of sp³-hybridized carbons (Fsp3) is 0.103. The minimum atomic E-state index is 0.387. The molecule has 1 atom stereocenters. The lowest BCUT2D eigenvalue weighted by atomic mass is 9.88. The second-order valence-electron chi connectivity index (χ2n) is 15.8. The van der Waals surface area contributed by atoms with Gasteiger partial charge >= 0.3 is 0 Å². The van der Waals surface area contributed by atoms with Gasteiger partial charge in [-0.2, -0.15) is 0 Å². The van der Waals surface area contributed by atoms with Gasteiger partial charge < -0.3 is 19.3 Å². The van der Waals surface area contributed by atoms with Crippen molar-refractivity contribution < 1.29 is 9.47 Å². The van der Waals surface area contributed by atoms with Crippen LogP contribution in [0.5, 0.6) is 23.0 Å². The first-order chi connectivity index (χ1) is 30.7. The summed E-state index contributed by atoms with van der Waals surface area (Å²) in [6, 6.07) is 55.4. The molecular weight excluding hydrogens is 757 g/mol. The van der Waals surface area contributed by atoms with Crippen LogP contribution >= 0.6 is 0 Å². The van der Waals surface area contributed by atoms with Crippen LogP contribution < -0.4 is 19.3 Å². The molecule has 0 fully saturated rings. The first-order valence-electron chi connectivity index (χ1n) is 21.7. The van der Waals surface area contributed by atoms with Gasteiger partial charge in [0.1, 0.15) is 23.0 Å². The summed E-state index contributed by atoms with van der Waals surface area (Å²) in [5, 5.41) is 2.05. The lowest BCUT2D eigenvalue weighted by molar-refractivity contribution is 0.481. The van der Waals surface area contributed by atoms with Crippen molar-refractivity contribution in [3.63, 3.8) is 0 Å². The van der Waals surface area contributed by atoms with Crippen molar-refractivity contribution in [2.24, 2.45) is 5.92 Å². The molecule has 0 N–H and O–H groups in total. The summed E-state index contributed by atoms with van der Waals surface area (Å²) in [6.45, 7) is 2.76. The van der Waals surface area contributed by atoms with E-state index in [9.17, 15) is 0 Å². The largest absolute Gasteiger partial charge is 0.457 e. The van der Waals surface area contributed by atoms with Gasteiger partial charge in [0.25, 0.3) is 0 Å². The molecular formula is C58H48N2O2. The third-order valence-corrected chi connectivity index (χ3v) is 11.9. The topological polar surface area (TPSA) is 24.9 Å². The minimum absolute atomic E-state index is 0.387. The molecule has 2 aliphatic carbocycles. The van der Waals surface area contributed by atoms with Crippen molar-refractivity contribution in [2.75, 3.05) is 16.3 Å². The fourth-order valence-electron chi connectivity index (χ4n) is 8.80. The Morgan fingerprint density at radius 1 is 0.629 bits per heavy atom. The molecule has 0 saturated carbocycles. The average Bonchev–Trinajstić information content (AvgIpc) is 3.34. The summed E-state index contributed by atoms with van der Waals surface area (Å²) in [7, 11) is 0. The number of nitrogens with zero attached hydrogens (tertiary/aromatic N) is 2. The number of hydrogen-bond donors (Lipinski definition) is 0. The Bertz CT molecular complexity index is 2920.